The van der Waals surface area contributed by atoms with Crippen LogP contribution in [0.25, 0.3) is 0 Å². The molecule has 0 saturated carbocycles. The monoisotopic (exact) mass is 328 g/mol. The van der Waals surface area contributed by atoms with Crippen molar-refractivity contribution in [1.29, 1.82) is 0 Å². The molecule has 1 aliphatic heterocycles. The van der Waals surface area contributed by atoms with E-state index in [0.717, 1.165) is 23.4 Å². The van der Waals surface area contributed by atoms with E-state index in [1.807, 2.05) is 24.0 Å². The fourth-order valence-electron chi connectivity index (χ4n) is 3.70. The third kappa shape index (κ3) is 3.03. The molecule has 0 N–H and O–H groups in total. The number of ether oxygens (including phenoxy) is 1. The summed E-state index contributed by atoms with van der Waals surface area (Å²) in [5.74, 6) is 1.25. The van der Waals surface area contributed by atoms with Crippen LogP contribution in [0.5, 0.6) is 5.75 Å². The van der Waals surface area contributed by atoms with Gasteiger partial charge in [0.1, 0.15) is 12.0 Å². The van der Waals surface area contributed by atoms with Gasteiger partial charge >= 0.3 is 0 Å². The predicted molar refractivity (Wildman–Crippen MR) is 92.4 cm³/mol. The Kier molecular flexibility index (Phi) is 4.35. The molecular formula is C19H24N2O3. The molecule has 1 amide bonds. The summed E-state index contributed by atoms with van der Waals surface area (Å²) in [6, 6.07) is 7.73. The van der Waals surface area contributed by atoms with Crippen molar-refractivity contribution in [3.8, 4) is 5.75 Å². The lowest BCUT2D eigenvalue weighted by Crippen LogP contribution is -2.52. The Labute approximate surface area is 142 Å². The molecule has 1 atom stereocenters. The van der Waals surface area contributed by atoms with Crippen LogP contribution in [-0.2, 0) is 11.2 Å². The van der Waals surface area contributed by atoms with Crippen LogP contribution in [0.4, 0.5) is 5.69 Å². The van der Waals surface area contributed by atoms with E-state index in [2.05, 4.69) is 32.0 Å². The number of carbonyl (C=O) groups is 1. The minimum absolute atomic E-state index is 0.0335. The molecule has 1 aliphatic rings. The lowest BCUT2D eigenvalue weighted by molar-refractivity contribution is -0.119. The highest BCUT2D eigenvalue weighted by Gasteiger charge is 2.40. The summed E-state index contributed by atoms with van der Waals surface area (Å²) in [6.07, 6.45) is 2.63. The standard InChI is InChI=1S/C19H24N2O3/c1-5-23-15-6-7-17-16(11-15)13(2)12-19(3,4)21(17)18(22)10-14-8-9-24-20-14/h6-9,11,13H,5,10,12H2,1-4H3. The summed E-state index contributed by atoms with van der Waals surface area (Å²) in [7, 11) is 0. The van der Waals surface area contributed by atoms with Crippen molar-refractivity contribution in [3.05, 3.63) is 41.8 Å². The van der Waals surface area contributed by atoms with Gasteiger partial charge in [0.2, 0.25) is 5.91 Å². The SMILES string of the molecule is CCOc1ccc2c(c1)C(C)CC(C)(C)N2C(=O)Cc1ccon1. The summed E-state index contributed by atoms with van der Waals surface area (Å²) in [4.78, 5) is 14.9. The number of amides is 1. The summed E-state index contributed by atoms with van der Waals surface area (Å²) in [5, 5.41) is 3.87. The van der Waals surface area contributed by atoms with Gasteiger partial charge in [0.15, 0.2) is 0 Å². The van der Waals surface area contributed by atoms with Gasteiger partial charge in [0, 0.05) is 17.3 Å². The van der Waals surface area contributed by atoms with E-state index in [1.54, 1.807) is 6.07 Å². The topological polar surface area (TPSA) is 55.6 Å². The van der Waals surface area contributed by atoms with Crippen molar-refractivity contribution in [2.45, 2.75) is 52.0 Å². The number of hydrogen-bond donors (Lipinski definition) is 0. The van der Waals surface area contributed by atoms with E-state index < -0.39 is 0 Å². The van der Waals surface area contributed by atoms with Crippen LogP contribution in [0.15, 0.2) is 35.1 Å². The van der Waals surface area contributed by atoms with E-state index >= 15 is 0 Å². The molecule has 5 nitrogen and oxygen atoms in total. The molecule has 5 heteroatoms. The Hall–Kier alpha value is -2.30. The van der Waals surface area contributed by atoms with Gasteiger partial charge in [-0.3, -0.25) is 4.79 Å². The number of nitrogens with zero attached hydrogens (tertiary/aromatic N) is 2. The highest BCUT2D eigenvalue weighted by molar-refractivity contribution is 5.97. The predicted octanol–water partition coefficient (Wildman–Crippen LogP) is 3.93. The maximum absolute atomic E-state index is 13.0. The van der Waals surface area contributed by atoms with Crippen LogP contribution in [0.1, 0.15) is 51.3 Å². The molecule has 0 radical (unpaired) electrons. The number of fused-ring (bicyclic) bond motifs is 1. The lowest BCUT2D eigenvalue weighted by Gasteiger charge is -2.46. The fraction of sp³-hybridized carbons (Fsp3) is 0.474. The second-order valence-corrected chi connectivity index (χ2v) is 6.97. The van der Waals surface area contributed by atoms with Crippen molar-refractivity contribution in [3.63, 3.8) is 0 Å². The molecule has 128 valence electrons. The number of aromatic nitrogens is 1. The number of benzene rings is 1. The van der Waals surface area contributed by atoms with Gasteiger partial charge in [-0.15, -0.1) is 0 Å². The summed E-state index contributed by atoms with van der Waals surface area (Å²) >= 11 is 0. The van der Waals surface area contributed by atoms with Crippen molar-refractivity contribution in [2.75, 3.05) is 11.5 Å². The summed E-state index contributed by atoms with van der Waals surface area (Å²) < 4.78 is 10.5. The zero-order valence-corrected chi connectivity index (χ0v) is 14.7. The van der Waals surface area contributed by atoms with Crippen LogP contribution in [0, 0.1) is 0 Å². The Morgan fingerprint density at radius 1 is 1.42 bits per heavy atom. The van der Waals surface area contributed by atoms with Crippen molar-refractivity contribution >= 4 is 11.6 Å². The molecule has 0 aliphatic carbocycles. The summed E-state index contributed by atoms with van der Waals surface area (Å²) in [6.45, 7) is 9.04. The third-order valence-corrected chi connectivity index (χ3v) is 4.57. The number of rotatable bonds is 4. The average Bonchev–Trinajstić information content (AvgIpc) is 3.00. The first-order valence-electron chi connectivity index (χ1n) is 8.41. The quantitative estimate of drug-likeness (QED) is 0.853. The van der Waals surface area contributed by atoms with Gasteiger partial charge in [0.25, 0.3) is 0 Å². The van der Waals surface area contributed by atoms with Crippen LogP contribution in [0.2, 0.25) is 0 Å². The molecule has 2 heterocycles. The van der Waals surface area contributed by atoms with E-state index in [4.69, 9.17) is 9.26 Å². The molecule has 2 aromatic rings. The van der Waals surface area contributed by atoms with Crippen LogP contribution < -0.4 is 9.64 Å². The first-order valence-corrected chi connectivity index (χ1v) is 8.41. The molecule has 0 bridgehead atoms. The minimum atomic E-state index is -0.250. The smallest absolute Gasteiger partial charge is 0.233 e. The van der Waals surface area contributed by atoms with Crippen molar-refractivity contribution in [2.24, 2.45) is 0 Å². The molecule has 0 saturated heterocycles. The second-order valence-electron chi connectivity index (χ2n) is 6.97. The highest BCUT2D eigenvalue weighted by atomic mass is 16.5. The maximum Gasteiger partial charge on any atom is 0.233 e. The van der Waals surface area contributed by atoms with Gasteiger partial charge in [0.05, 0.1) is 18.7 Å². The zero-order chi connectivity index (χ0) is 17.3. The molecule has 1 aromatic heterocycles. The molecule has 0 fully saturated rings. The van der Waals surface area contributed by atoms with Crippen LogP contribution in [0.3, 0.4) is 0 Å². The Morgan fingerprint density at radius 3 is 2.88 bits per heavy atom. The van der Waals surface area contributed by atoms with Gasteiger partial charge < -0.3 is 14.2 Å². The molecule has 1 aromatic carbocycles. The van der Waals surface area contributed by atoms with Gasteiger partial charge in [-0.2, -0.15) is 0 Å². The van der Waals surface area contributed by atoms with E-state index in [-0.39, 0.29) is 17.9 Å². The zero-order valence-electron chi connectivity index (χ0n) is 14.7. The lowest BCUT2D eigenvalue weighted by atomic mass is 9.79. The van der Waals surface area contributed by atoms with Crippen LogP contribution >= 0.6 is 0 Å². The largest absolute Gasteiger partial charge is 0.494 e. The molecule has 3 rings (SSSR count). The average molecular weight is 328 g/mol. The molecule has 0 spiro atoms. The van der Waals surface area contributed by atoms with Gasteiger partial charge in [-0.1, -0.05) is 12.1 Å². The fourth-order valence-corrected chi connectivity index (χ4v) is 3.70. The minimum Gasteiger partial charge on any atom is -0.494 e. The molecular weight excluding hydrogens is 304 g/mol. The van der Waals surface area contributed by atoms with E-state index in [9.17, 15) is 4.79 Å². The van der Waals surface area contributed by atoms with Gasteiger partial charge in [-0.05, 0) is 56.9 Å². The van der Waals surface area contributed by atoms with Gasteiger partial charge in [-0.25, -0.2) is 0 Å². The Morgan fingerprint density at radius 2 is 2.21 bits per heavy atom. The first-order chi connectivity index (χ1) is 11.4. The second kappa shape index (κ2) is 6.30. The Bertz CT molecular complexity index is 722. The number of anilines is 1. The van der Waals surface area contributed by atoms with Crippen LogP contribution in [-0.4, -0.2) is 23.2 Å². The highest BCUT2D eigenvalue weighted by Crippen LogP contribution is 2.44. The Balaban J connectivity index is 1.98. The normalized spacial score (nSPS) is 19.0. The number of hydrogen-bond acceptors (Lipinski definition) is 4. The van der Waals surface area contributed by atoms with Crippen molar-refractivity contribution < 1.29 is 14.1 Å². The third-order valence-electron chi connectivity index (χ3n) is 4.57. The van der Waals surface area contributed by atoms with E-state index in [0.29, 0.717) is 18.2 Å². The number of carbonyl (C=O) groups excluding carboxylic acids is 1. The summed E-state index contributed by atoms with van der Waals surface area (Å²) in [5.41, 5.74) is 2.53. The maximum atomic E-state index is 13.0. The molecule has 1 unspecified atom stereocenters. The first kappa shape index (κ1) is 16.6. The molecule has 24 heavy (non-hydrogen) atoms. The van der Waals surface area contributed by atoms with Crippen molar-refractivity contribution in [1.82, 2.24) is 5.16 Å². The van der Waals surface area contributed by atoms with E-state index in [1.165, 1.54) is 6.26 Å².